The molecule has 20 heavy (non-hydrogen) atoms. The van der Waals surface area contributed by atoms with Crippen molar-refractivity contribution in [2.45, 2.75) is 13.8 Å². The van der Waals surface area contributed by atoms with Crippen LogP contribution in [0.15, 0.2) is 45.3 Å². The summed E-state index contributed by atoms with van der Waals surface area (Å²) in [6.07, 6.45) is 0. The summed E-state index contributed by atoms with van der Waals surface area (Å²) in [6, 6.07) is 12.1. The Kier molecular flexibility index (Phi) is 5.49. The molecule has 2 rings (SSSR count). The lowest BCUT2D eigenvalue weighted by Crippen LogP contribution is -2.12. The van der Waals surface area contributed by atoms with E-state index in [1.54, 1.807) is 0 Å². The van der Waals surface area contributed by atoms with E-state index in [1.807, 2.05) is 24.3 Å². The van der Waals surface area contributed by atoms with Crippen LogP contribution in [0.1, 0.15) is 11.1 Å². The van der Waals surface area contributed by atoms with Crippen LogP contribution < -0.4 is 10.1 Å². The van der Waals surface area contributed by atoms with E-state index in [4.69, 9.17) is 4.74 Å². The molecule has 0 bridgehead atoms. The number of aryl methyl sites for hydroxylation is 2. The van der Waals surface area contributed by atoms with E-state index in [1.165, 1.54) is 11.1 Å². The van der Waals surface area contributed by atoms with Crippen LogP contribution in [0, 0.1) is 13.8 Å². The van der Waals surface area contributed by atoms with Crippen LogP contribution in [0.4, 0.5) is 5.69 Å². The van der Waals surface area contributed by atoms with Gasteiger partial charge in [-0.15, -0.1) is 0 Å². The molecule has 0 aliphatic rings. The highest BCUT2D eigenvalue weighted by atomic mass is 79.9. The lowest BCUT2D eigenvalue weighted by molar-refractivity contribution is 0.333. The molecule has 0 atom stereocenters. The minimum atomic E-state index is 0.626. The van der Waals surface area contributed by atoms with Crippen molar-refractivity contribution >= 4 is 37.5 Å². The summed E-state index contributed by atoms with van der Waals surface area (Å²) >= 11 is 7.00. The van der Waals surface area contributed by atoms with E-state index in [9.17, 15) is 0 Å². The van der Waals surface area contributed by atoms with Gasteiger partial charge in [0.05, 0.1) is 5.69 Å². The fourth-order valence-electron chi connectivity index (χ4n) is 2.02. The number of nitrogens with one attached hydrogen (secondary N) is 1. The van der Waals surface area contributed by atoms with Crippen molar-refractivity contribution in [1.82, 2.24) is 0 Å². The third kappa shape index (κ3) is 4.25. The van der Waals surface area contributed by atoms with Crippen LogP contribution in [0.25, 0.3) is 0 Å². The average molecular weight is 399 g/mol. The second-order valence-electron chi connectivity index (χ2n) is 4.67. The van der Waals surface area contributed by atoms with E-state index in [0.29, 0.717) is 6.61 Å². The fraction of sp³-hybridized carbons (Fsp3) is 0.250. The number of ether oxygens (including phenoxy) is 1. The van der Waals surface area contributed by atoms with Gasteiger partial charge >= 0.3 is 0 Å². The molecule has 0 heterocycles. The topological polar surface area (TPSA) is 21.3 Å². The molecule has 0 radical (unpaired) electrons. The van der Waals surface area contributed by atoms with Gasteiger partial charge in [-0.2, -0.15) is 0 Å². The van der Waals surface area contributed by atoms with Gasteiger partial charge in [-0.05, 0) is 71.2 Å². The monoisotopic (exact) mass is 397 g/mol. The van der Waals surface area contributed by atoms with Crippen LogP contribution in [0.3, 0.4) is 0 Å². The first-order chi connectivity index (χ1) is 9.56. The molecule has 0 amide bonds. The Morgan fingerprint density at radius 1 is 1.05 bits per heavy atom. The highest BCUT2D eigenvalue weighted by molar-refractivity contribution is 9.10. The van der Waals surface area contributed by atoms with Crippen molar-refractivity contribution < 1.29 is 4.74 Å². The molecule has 1 N–H and O–H groups in total. The van der Waals surface area contributed by atoms with Crippen LogP contribution >= 0.6 is 31.9 Å². The maximum absolute atomic E-state index is 5.69. The highest BCUT2D eigenvalue weighted by Crippen LogP contribution is 2.27. The first kappa shape index (κ1) is 15.4. The van der Waals surface area contributed by atoms with Crippen molar-refractivity contribution in [3.05, 3.63) is 56.5 Å². The van der Waals surface area contributed by atoms with Crippen molar-refractivity contribution in [3.8, 4) is 5.75 Å². The quantitative estimate of drug-likeness (QED) is 0.688. The Balaban J connectivity index is 1.86. The minimum Gasteiger partial charge on any atom is -0.492 e. The Bertz CT molecular complexity index is 559. The van der Waals surface area contributed by atoms with Crippen LogP contribution in [-0.2, 0) is 0 Å². The Labute approximate surface area is 136 Å². The van der Waals surface area contributed by atoms with E-state index >= 15 is 0 Å². The number of hydrogen-bond donors (Lipinski definition) is 1. The SMILES string of the molecule is Cc1cc(C)c(NCCOc2ccc(Br)cc2)c(Br)c1. The Hall–Kier alpha value is -1.000. The van der Waals surface area contributed by atoms with Gasteiger partial charge in [0, 0.05) is 15.5 Å². The van der Waals surface area contributed by atoms with Gasteiger partial charge in [0.25, 0.3) is 0 Å². The second kappa shape index (κ2) is 7.14. The summed E-state index contributed by atoms with van der Waals surface area (Å²) in [5, 5.41) is 3.41. The summed E-state index contributed by atoms with van der Waals surface area (Å²) in [5.74, 6) is 0.884. The molecule has 2 aromatic rings. The lowest BCUT2D eigenvalue weighted by atomic mass is 10.1. The number of halogens is 2. The summed E-state index contributed by atoms with van der Waals surface area (Å²) < 4.78 is 7.84. The molecule has 2 aromatic carbocycles. The molecule has 0 saturated heterocycles. The molecule has 0 saturated carbocycles. The molecular weight excluding hydrogens is 382 g/mol. The van der Waals surface area contributed by atoms with Gasteiger partial charge in [-0.25, -0.2) is 0 Å². The summed E-state index contributed by atoms with van der Waals surface area (Å²) in [7, 11) is 0. The predicted molar refractivity (Wildman–Crippen MR) is 91.7 cm³/mol. The molecule has 4 heteroatoms. The van der Waals surface area contributed by atoms with E-state index in [0.717, 1.165) is 26.9 Å². The second-order valence-corrected chi connectivity index (χ2v) is 6.44. The molecule has 0 aliphatic carbocycles. The zero-order chi connectivity index (χ0) is 14.5. The first-order valence-corrected chi connectivity index (χ1v) is 8.04. The normalized spacial score (nSPS) is 10.4. The standard InChI is InChI=1S/C16H17Br2NO/c1-11-9-12(2)16(15(18)10-11)19-7-8-20-14-5-3-13(17)4-6-14/h3-6,9-10,19H,7-8H2,1-2H3. The number of rotatable bonds is 5. The van der Waals surface area contributed by atoms with Crippen LogP contribution in [-0.4, -0.2) is 13.2 Å². The van der Waals surface area contributed by atoms with E-state index < -0.39 is 0 Å². The number of hydrogen-bond acceptors (Lipinski definition) is 2. The number of anilines is 1. The van der Waals surface area contributed by atoms with Crippen LogP contribution in [0.5, 0.6) is 5.75 Å². The molecule has 0 aromatic heterocycles. The van der Waals surface area contributed by atoms with Gasteiger partial charge in [0.1, 0.15) is 12.4 Å². The smallest absolute Gasteiger partial charge is 0.119 e. The van der Waals surface area contributed by atoms with E-state index in [2.05, 4.69) is 63.2 Å². The fourth-order valence-corrected chi connectivity index (χ4v) is 3.09. The van der Waals surface area contributed by atoms with Crippen molar-refractivity contribution in [1.29, 1.82) is 0 Å². The van der Waals surface area contributed by atoms with Gasteiger partial charge in [0.15, 0.2) is 0 Å². The number of benzene rings is 2. The molecule has 0 aliphatic heterocycles. The van der Waals surface area contributed by atoms with Crippen molar-refractivity contribution in [2.75, 3.05) is 18.5 Å². The molecule has 2 nitrogen and oxygen atoms in total. The molecule has 0 spiro atoms. The maximum Gasteiger partial charge on any atom is 0.119 e. The van der Waals surface area contributed by atoms with Gasteiger partial charge in [-0.3, -0.25) is 0 Å². The summed E-state index contributed by atoms with van der Waals surface area (Å²) in [6.45, 7) is 5.59. The minimum absolute atomic E-state index is 0.626. The van der Waals surface area contributed by atoms with Gasteiger partial charge < -0.3 is 10.1 Å². The maximum atomic E-state index is 5.69. The highest BCUT2D eigenvalue weighted by Gasteiger charge is 2.04. The molecule has 106 valence electrons. The Morgan fingerprint density at radius 2 is 1.75 bits per heavy atom. The Morgan fingerprint density at radius 3 is 2.40 bits per heavy atom. The first-order valence-electron chi connectivity index (χ1n) is 6.45. The van der Waals surface area contributed by atoms with Crippen molar-refractivity contribution in [2.24, 2.45) is 0 Å². The average Bonchev–Trinajstić information content (AvgIpc) is 2.39. The molecule has 0 fully saturated rings. The third-order valence-electron chi connectivity index (χ3n) is 2.92. The zero-order valence-electron chi connectivity index (χ0n) is 11.5. The molecular formula is C16H17Br2NO. The summed E-state index contributed by atoms with van der Waals surface area (Å²) in [4.78, 5) is 0. The van der Waals surface area contributed by atoms with Crippen LogP contribution in [0.2, 0.25) is 0 Å². The van der Waals surface area contributed by atoms with Crippen molar-refractivity contribution in [3.63, 3.8) is 0 Å². The van der Waals surface area contributed by atoms with E-state index in [-0.39, 0.29) is 0 Å². The predicted octanol–water partition coefficient (Wildman–Crippen LogP) is 5.32. The van der Waals surface area contributed by atoms with Gasteiger partial charge in [0.2, 0.25) is 0 Å². The molecule has 0 unspecified atom stereocenters. The third-order valence-corrected chi connectivity index (χ3v) is 4.07. The van der Waals surface area contributed by atoms with Gasteiger partial charge in [-0.1, -0.05) is 22.0 Å². The lowest BCUT2D eigenvalue weighted by Gasteiger charge is -2.13. The largest absolute Gasteiger partial charge is 0.492 e. The summed E-state index contributed by atoms with van der Waals surface area (Å²) in [5.41, 5.74) is 3.63. The zero-order valence-corrected chi connectivity index (χ0v) is 14.7.